The van der Waals surface area contributed by atoms with Gasteiger partial charge >= 0.3 is 0 Å². The van der Waals surface area contributed by atoms with Crippen molar-refractivity contribution in [1.82, 2.24) is 19.3 Å². The molecule has 6 rings (SSSR count). The van der Waals surface area contributed by atoms with Crippen LogP contribution in [0.1, 0.15) is 40.5 Å². The van der Waals surface area contributed by atoms with Crippen LogP contribution in [0.25, 0.3) is 16.6 Å². The Morgan fingerprint density at radius 2 is 1.78 bits per heavy atom. The molecule has 1 aliphatic rings. The van der Waals surface area contributed by atoms with Crippen molar-refractivity contribution >= 4 is 16.7 Å². The number of methoxy groups -OCH3 is 1. The number of hydrogen-bond acceptors (Lipinski definition) is 7. The SMILES string of the molecule is COc1ccc2c(Oc3ccc(CC(=O)c4c(C5CCOCC5)n(C)n(-c5ccccc5)c4=O)nc3)ccnc2c1. The summed E-state index contributed by atoms with van der Waals surface area (Å²) in [4.78, 5) is 36.3. The van der Waals surface area contributed by atoms with Crippen molar-refractivity contribution in [3.8, 4) is 22.9 Å². The Bertz CT molecular complexity index is 1750. The van der Waals surface area contributed by atoms with Crippen LogP contribution in [0.4, 0.5) is 0 Å². The molecule has 1 saturated heterocycles. The fraction of sp³-hybridized carbons (Fsp3) is 0.250. The quantitative estimate of drug-likeness (QED) is 0.244. The van der Waals surface area contributed by atoms with Crippen LogP contribution in [0.15, 0.2) is 83.9 Å². The van der Waals surface area contributed by atoms with E-state index in [9.17, 15) is 9.59 Å². The molecule has 9 heteroatoms. The third kappa shape index (κ3) is 5.24. The molecule has 0 aliphatic carbocycles. The number of aromatic nitrogens is 4. The summed E-state index contributed by atoms with van der Waals surface area (Å²) in [7, 11) is 3.46. The highest BCUT2D eigenvalue weighted by Gasteiger charge is 2.31. The zero-order chi connectivity index (χ0) is 28.3. The highest BCUT2D eigenvalue weighted by atomic mass is 16.5. The van der Waals surface area contributed by atoms with Gasteiger partial charge in [-0.05, 0) is 55.3 Å². The Kier molecular flexibility index (Phi) is 7.35. The molecule has 208 valence electrons. The van der Waals surface area contributed by atoms with Crippen LogP contribution in [-0.2, 0) is 18.2 Å². The summed E-state index contributed by atoms with van der Waals surface area (Å²) in [5.41, 5.74) is 2.69. The number of benzene rings is 2. The van der Waals surface area contributed by atoms with Crippen LogP contribution in [-0.4, -0.2) is 45.4 Å². The maximum Gasteiger partial charge on any atom is 0.282 e. The predicted octanol–water partition coefficient (Wildman–Crippen LogP) is 5.24. The van der Waals surface area contributed by atoms with E-state index >= 15 is 0 Å². The number of fused-ring (bicyclic) bond motifs is 1. The molecule has 3 aromatic heterocycles. The summed E-state index contributed by atoms with van der Waals surface area (Å²) in [5.74, 6) is 1.68. The minimum atomic E-state index is -0.314. The number of pyridine rings is 2. The van der Waals surface area contributed by atoms with Gasteiger partial charge in [0.1, 0.15) is 22.8 Å². The molecule has 0 atom stereocenters. The van der Waals surface area contributed by atoms with Gasteiger partial charge in [0.2, 0.25) is 0 Å². The number of hydrogen-bond donors (Lipinski definition) is 0. The van der Waals surface area contributed by atoms with Crippen LogP contribution >= 0.6 is 0 Å². The largest absolute Gasteiger partial charge is 0.497 e. The first-order valence-electron chi connectivity index (χ1n) is 13.6. The van der Waals surface area contributed by atoms with Crippen LogP contribution in [0.3, 0.4) is 0 Å². The molecule has 0 amide bonds. The highest BCUT2D eigenvalue weighted by Crippen LogP contribution is 2.32. The fourth-order valence-corrected chi connectivity index (χ4v) is 5.46. The first-order valence-corrected chi connectivity index (χ1v) is 13.6. The number of Topliss-reactive ketones (excluding diaryl/α,β-unsaturated/α-hetero) is 1. The fourth-order valence-electron chi connectivity index (χ4n) is 5.46. The lowest BCUT2D eigenvalue weighted by atomic mass is 9.91. The van der Waals surface area contributed by atoms with Crippen LogP contribution < -0.4 is 15.0 Å². The second kappa shape index (κ2) is 11.4. The topological polar surface area (TPSA) is 97.5 Å². The normalized spacial score (nSPS) is 13.8. The van der Waals surface area contributed by atoms with E-state index in [1.807, 2.05) is 60.3 Å². The molecule has 0 N–H and O–H groups in total. The first kappa shape index (κ1) is 26.5. The number of carbonyl (C=O) groups excluding carboxylic acids is 1. The molecule has 5 aromatic rings. The Hall–Kier alpha value is -4.76. The molecule has 0 unspecified atom stereocenters. The summed E-state index contributed by atoms with van der Waals surface area (Å²) < 4.78 is 20.4. The van der Waals surface area contributed by atoms with Crippen molar-refractivity contribution in [1.29, 1.82) is 0 Å². The van der Waals surface area contributed by atoms with E-state index in [1.54, 1.807) is 42.4 Å². The smallest absolute Gasteiger partial charge is 0.282 e. The molecule has 0 bridgehead atoms. The van der Waals surface area contributed by atoms with Gasteiger partial charge in [0.25, 0.3) is 5.56 Å². The first-order chi connectivity index (χ1) is 20.0. The Balaban J connectivity index is 1.27. The van der Waals surface area contributed by atoms with Gasteiger partial charge in [-0.25, -0.2) is 4.68 Å². The van der Waals surface area contributed by atoms with E-state index in [2.05, 4.69) is 9.97 Å². The lowest BCUT2D eigenvalue weighted by Gasteiger charge is -2.24. The molecule has 0 spiro atoms. The van der Waals surface area contributed by atoms with E-state index in [4.69, 9.17) is 14.2 Å². The summed E-state index contributed by atoms with van der Waals surface area (Å²) in [5, 5.41) is 0.840. The van der Waals surface area contributed by atoms with Crippen LogP contribution in [0.2, 0.25) is 0 Å². The maximum absolute atomic E-state index is 13.7. The number of ether oxygens (including phenoxy) is 3. The third-order valence-corrected chi connectivity index (χ3v) is 7.48. The number of carbonyl (C=O) groups is 1. The van der Waals surface area contributed by atoms with E-state index in [1.165, 1.54) is 0 Å². The number of rotatable bonds is 8. The van der Waals surface area contributed by atoms with Crippen molar-refractivity contribution in [2.45, 2.75) is 25.2 Å². The monoisotopic (exact) mass is 550 g/mol. The van der Waals surface area contributed by atoms with Gasteiger partial charge in [0.05, 0.1) is 36.6 Å². The molecular weight excluding hydrogens is 520 g/mol. The minimum Gasteiger partial charge on any atom is -0.497 e. The molecule has 9 nitrogen and oxygen atoms in total. The lowest BCUT2D eigenvalue weighted by Crippen LogP contribution is -2.23. The molecule has 0 saturated carbocycles. The van der Waals surface area contributed by atoms with Crippen molar-refractivity contribution in [3.05, 3.63) is 106 Å². The van der Waals surface area contributed by atoms with Gasteiger partial charge in [-0.1, -0.05) is 18.2 Å². The second-order valence-corrected chi connectivity index (χ2v) is 10.0. The highest BCUT2D eigenvalue weighted by molar-refractivity contribution is 5.98. The van der Waals surface area contributed by atoms with E-state index < -0.39 is 0 Å². The summed E-state index contributed by atoms with van der Waals surface area (Å²) >= 11 is 0. The Morgan fingerprint density at radius 1 is 1.00 bits per heavy atom. The van der Waals surface area contributed by atoms with Gasteiger partial charge in [0.15, 0.2) is 5.78 Å². The predicted molar refractivity (Wildman–Crippen MR) is 154 cm³/mol. The van der Waals surface area contributed by atoms with Crippen LogP contribution in [0, 0.1) is 0 Å². The van der Waals surface area contributed by atoms with Crippen molar-refractivity contribution in [2.24, 2.45) is 7.05 Å². The van der Waals surface area contributed by atoms with E-state index in [0.717, 1.165) is 29.4 Å². The van der Waals surface area contributed by atoms with Gasteiger partial charge in [-0.2, -0.15) is 0 Å². The average Bonchev–Trinajstić information content (AvgIpc) is 3.28. The van der Waals surface area contributed by atoms with Crippen molar-refractivity contribution < 1.29 is 19.0 Å². The number of ketones is 1. The molecule has 1 fully saturated rings. The van der Waals surface area contributed by atoms with Crippen molar-refractivity contribution in [2.75, 3.05) is 20.3 Å². The van der Waals surface area contributed by atoms with Crippen molar-refractivity contribution in [3.63, 3.8) is 0 Å². The third-order valence-electron chi connectivity index (χ3n) is 7.48. The lowest BCUT2D eigenvalue weighted by molar-refractivity contribution is 0.0827. The Labute approximate surface area is 236 Å². The summed E-state index contributed by atoms with van der Waals surface area (Å²) in [6.45, 7) is 1.21. The van der Waals surface area contributed by atoms with Gasteiger partial charge in [0, 0.05) is 49.5 Å². The molecule has 4 heterocycles. The maximum atomic E-state index is 13.7. The zero-order valence-electron chi connectivity index (χ0n) is 22.9. The molecule has 2 aromatic carbocycles. The summed E-state index contributed by atoms with van der Waals surface area (Å²) in [6, 6.07) is 20.3. The number of nitrogens with zero attached hydrogens (tertiary/aromatic N) is 4. The number of para-hydroxylation sites is 1. The minimum absolute atomic E-state index is 0.00251. The van der Waals surface area contributed by atoms with E-state index in [0.29, 0.717) is 41.8 Å². The molecule has 41 heavy (non-hydrogen) atoms. The second-order valence-electron chi connectivity index (χ2n) is 10.0. The zero-order valence-corrected chi connectivity index (χ0v) is 22.9. The average molecular weight is 551 g/mol. The van der Waals surface area contributed by atoms with Gasteiger partial charge in [-0.15, -0.1) is 0 Å². The standard InChI is InChI=1S/C32H30N4O5/c1-35-31(21-13-16-40-17-14-21)30(32(38)36(35)23-6-4-3-5-7-23)28(37)18-22-8-9-25(20-34-22)41-29-12-15-33-27-19-24(39-2)10-11-26(27)29/h3-12,15,19-21H,13-14,16-18H2,1-2H3. The van der Waals surface area contributed by atoms with Crippen LogP contribution in [0.5, 0.6) is 17.2 Å². The Morgan fingerprint density at radius 3 is 2.51 bits per heavy atom. The van der Waals surface area contributed by atoms with Gasteiger partial charge < -0.3 is 14.2 Å². The van der Waals surface area contributed by atoms with Gasteiger partial charge in [-0.3, -0.25) is 24.2 Å². The molecular formula is C32H30N4O5. The summed E-state index contributed by atoms with van der Waals surface area (Å²) in [6.07, 6.45) is 4.78. The van der Waals surface area contributed by atoms with E-state index in [-0.39, 0.29) is 29.2 Å². The molecule has 1 aliphatic heterocycles. The molecule has 0 radical (unpaired) electrons.